The predicted octanol–water partition coefficient (Wildman–Crippen LogP) is 3.85. The number of thiazole rings is 1. The van der Waals surface area contributed by atoms with Crippen LogP contribution in [0.15, 0.2) is 60.0 Å². The molecule has 3 aromatic rings. The number of nitrogens with one attached hydrogen (secondary N) is 1. The lowest BCUT2D eigenvalue weighted by atomic mass is 10.0. The van der Waals surface area contributed by atoms with Crippen LogP contribution in [0, 0.1) is 5.92 Å². The van der Waals surface area contributed by atoms with Crippen LogP contribution in [-0.4, -0.2) is 30.8 Å². The van der Waals surface area contributed by atoms with Crippen LogP contribution in [0.1, 0.15) is 6.42 Å². The molecule has 7 heteroatoms. The van der Waals surface area contributed by atoms with Crippen LogP contribution in [-0.2, 0) is 14.6 Å². The Labute approximate surface area is 162 Å². The topological polar surface area (TPSA) is 76.1 Å². The Morgan fingerprint density at radius 3 is 2.33 bits per heavy atom. The lowest BCUT2D eigenvalue weighted by Gasteiger charge is -2.06. The van der Waals surface area contributed by atoms with Gasteiger partial charge in [0, 0.05) is 10.9 Å². The molecule has 5 nitrogen and oxygen atoms in total. The van der Waals surface area contributed by atoms with Gasteiger partial charge >= 0.3 is 0 Å². The van der Waals surface area contributed by atoms with E-state index in [-0.39, 0.29) is 17.4 Å². The van der Waals surface area contributed by atoms with Crippen LogP contribution < -0.4 is 5.32 Å². The summed E-state index contributed by atoms with van der Waals surface area (Å²) in [6.07, 6.45) is 0.382. The van der Waals surface area contributed by atoms with E-state index in [9.17, 15) is 13.2 Å². The molecule has 1 N–H and O–H groups in total. The highest BCUT2D eigenvalue weighted by molar-refractivity contribution is 7.91. The summed E-state index contributed by atoms with van der Waals surface area (Å²) < 4.78 is 23.0. The van der Waals surface area contributed by atoms with Gasteiger partial charge in [0.15, 0.2) is 15.0 Å². The second-order valence-corrected chi connectivity index (χ2v) is 9.66. The molecule has 4 rings (SSSR count). The van der Waals surface area contributed by atoms with Gasteiger partial charge in [-0.15, -0.1) is 11.3 Å². The number of anilines is 1. The zero-order valence-corrected chi connectivity index (χ0v) is 16.1. The highest BCUT2D eigenvalue weighted by Crippen LogP contribution is 2.28. The van der Waals surface area contributed by atoms with Crippen molar-refractivity contribution in [1.82, 2.24) is 4.98 Å². The first-order valence-electron chi connectivity index (χ1n) is 8.63. The van der Waals surface area contributed by atoms with Gasteiger partial charge < -0.3 is 5.32 Å². The van der Waals surface area contributed by atoms with Gasteiger partial charge in [-0.05, 0) is 17.5 Å². The fourth-order valence-corrected chi connectivity index (χ4v) is 5.60. The largest absolute Gasteiger partial charge is 0.302 e. The Morgan fingerprint density at radius 1 is 1.00 bits per heavy atom. The second-order valence-electron chi connectivity index (χ2n) is 6.57. The first kappa shape index (κ1) is 17.9. The number of sulfone groups is 1. The van der Waals surface area contributed by atoms with Crippen LogP contribution in [0.2, 0.25) is 0 Å². The first-order valence-corrected chi connectivity index (χ1v) is 11.3. The molecule has 2 heterocycles. The quantitative estimate of drug-likeness (QED) is 0.724. The van der Waals surface area contributed by atoms with E-state index < -0.39 is 15.8 Å². The van der Waals surface area contributed by atoms with Crippen molar-refractivity contribution >= 4 is 32.2 Å². The van der Waals surface area contributed by atoms with E-state index in [1.165, 1.54) is 11.3 Å². The molecule has 0 radical (unpaired) electrons. The second kappa shape index (κ2) is 7.25. The number of hydrogen-bond donors (Lipinski definition) is 1. The van der Waals surface area contributed by atoms with E-state index in [4.69, 9.17) is 0 Å². The van der Waals surface area contributed by atoms with Gasteiger partial charge in [-0.3, -0.25) is 4.79 Å². The third kappa shape index (κ3) is 4.09. The van der Waals surface area contributed by atoms with Gasteiger partial charge in [0.2, 0.25) is 5.91 Å². The van der Waals surface area contributed by atoms with Crippen molar-refractivity contribution in [2.24, 2.45) is 5.92 Å². The minimum absolute atomic E-state index is 0.0714. The number of rotatable bonds is 4. The Balaban J connectivity index is 1.45. The summed E-state index contributed by atoms with van der Waals surface area (Å²) in [6.45, 7) is 0. The maximum absolute atomic E-state index is 12.2. The van der Waals surface area contributed by atoms with E-state index in [0.717, 1.165) is 22.4 Å². The van der Waals surface area contributed by atoms with Crippen LogP contribution in [0.5, 0.6) is 0 Å². The summed E-state index contributed by atoms with van der Waals surface area (Å²) in [5.41, 5.74) is 4.04. The molecule has 0 saturated carbocycles. The van der Waals surface area contributed by atoms with Crippen molar-refractivity contribution in [3.05, 3.63) is 60.0 Å². The molecule has 2 aromatic carbocycles. The average molecular weight is 399 g/mol. The van der Waals surface area contributed by atoms with Crippen LogP contribution in [0.4, 0.5) is 5.13 Å². The minimum Gasteiger partial charge on any atom is -0.302 e. The van der Waals surface area contributed by atoms with Crippen LogP contribution in [0.25, 0.3) is 22.4 Å². The third-order valence-corrected chi connectivity index (χ3v) is 7.15. The van der Waals surface area contributed by atoms with Crippen LogP contribution >= 0.6 is 11.3 Å². The predicted molar refractivity (Wildman–Crippen MR) is 108 cm³/mol. The summed E-state index contributed by atoms with van der Waals surface area (Å²) in [5, 5.41) is 5.13. The average Bonchev–Trinajstić information content (AvgIpc) is 3.29. The lowest BCUT2D eigenvalue weighted by Crippen LogP contribution is -2.23. The fraction of sp³-hybridized carbons (Fsp3) is 0.200. The number of amides is 1. The molecule has 0 aliphatic carbocycles. The van der Waals surface area contributed by atoms with E-state index in [1.807, 2.05) is 47.8 Å². The van der Waals surface area contributed by atoms with Crippen molar-refractivity contribution in [2.45, 2.75) is 6.42 Å². The molecular weight excluding hydrogens is 380 g/mol. The maximum Gasteiger partial charge on any atom is 0.230 e. The Kier molecular flexibility index (Phi) is 4.80. The van der Waals surface area contributed by atoms with Crippen molar-refractivity contribution in [3.8, 4) is 22.4 Å². The molecule has 0 spiro atoms. The molecule has 1 amide bonds. The highest BCUT2D eigenvalue weighted by atomic mass is 32.2. The molecular formula is C20H18N2O3S2. The standard InChI is InChI=1S/C20H18N2O3S2/c23-19(17-10-11-27(24,25)13-17)22-20-21-18(12-26-20)16-8-6-15(7-9-16)14-4-2-1-3-5-14/h1-9,12,17H,10-11,13H2,(H,21,22,23)/t17-/m1/s1. The Hall–Kier alpha value is -2.51. The van der Waals surface area contributed by atoms with E-state index in [1.54, 1.807) is 0 Å². The van der Waals surface area contributed by atoms with Gasteiger partial charge in [-0.2, -0.15) is 0 Å². The molecule has 1 fully saturated rings. The summed E-state index contributed by atoms with van der Waals surface area (Å²) in [4.78, 5) is 16.7. The lowest BCUT2D eigenvalue weighted by molar-refractivity contribution is -0.119. The van der Waals surface area contributed by atoms with Crippen molar-refractivity contribution in [3.63, 3.8) is 0 Å². The van der Waals surface area contributed by atoms with E-state index >= 15 is 0 Å². The summed E-state index contributed by atoms with van der Waals surface area (Å²) in [5.74, 6) is -0.733. The van der Waals surface area contributed by atoms with Crippen molar-refractivity contribution in [1.29, 1.82) is 0 Å². The minimum atomic E-state index is -3.08. The zero-order valence-electron chi connectivity index (χ0n) is 14.5. The van der Waals surface area contributed by atoms with Crippen molar-refractivity contribution in [2.75, 3.05) is 16.8 Å². The molecule has 27 heavy (non-hydrogen) atoms. The number of benzene rings is 2. The third-order valence-electron chi connectivity index (χ3n) is 4.63. The van der Waals surface area contributed by atoms with Gasteiger partial charge in [0.25, 0.3) is 0 Å². The molecule has 0 bridgehead atoms. The first-order chi connectivity index (χ1) is 13.0. The van der Waals surface area contributed by atoms with Crippen LogP contribution in [0.3, 0.4) is 0 Å². The van der Waals surface area contributed by atoms with Crippen molar-refractivity contribution < 1.29 is 13.2 Å². The number of hydrogen-bond acceptors (Lipinski definition) is 5. The van der Waals surface area contributed by atoms with Gasteiger partial charge in [0.05, 0.1) is 23.1 Å². The molecule has 1 aliphatic heterocycles. The molecule has 1 atom stereocenters. The van der Waals surface area contributed by atoms with E-state index in [2.05, 4.69) is 22.4 Å². The van der Waals surface area contributed by atoms with E-state index in [0.29, 0.717) is 11.6 Å². The Morgan fingerprint density at radius 2 is 1.67 bits per heavy atom. The molecule has 0 unspecified atom stereocenters. The normalized spacial score (nSPS) is 18.3. The maximum atomic E-state index is 12.2. The highest BCUT2D eigenvalue weighted by Gasteiger charge is 2.33. The molecule has 1 saturated heterocycles. The van der Waals surface area contributed by atoms with Gasteiger partial charge in [0.1, 0.15) is 0 Å². The summed E-state index contributed by atoms with van der Waals surface area (Å²) in [7, 11) is -3.08. The summed E-state index contributed by atoms with van der Waals surface area (Å²) >= 11 is 1.34. The monoisotopic (exact) mass is 398 g/mol. The number of nitrogens with zero attached hydrogens (tertiary/aromatic N) is 1. The molecule has 1 aromatic heterocycles. The number of carbonyl (C=O) groups is 1. The molecule has 1 aliphatic rings. The fourth-order valence-electron chi connectivity index (χ4n) is 3.14. The van der Waals surface area contributed by atoms with Gasteiger partial charge in [-0.25, -0.2) is 13.4 Å². The molecule has 138 valence electrons. The SMILES string of the molecule is O=C(Nc1nc(-c2ccc(-c3ccccc3)cc2)cs1)[C@@H]1CCS(=O)(=O)C1. The smallest absolute Gasteiger partial charge is 0.230 e. The number of carbonyl (C=O) groups excluding carboxylic acids is 1. The number of aromatic nitrogens is 1. The van der Waals surface area contributed by atoms with Gasteiger partial charge in [-0.1, -0.05) is 54.6 Å². The Bertz CT molecular complexity index is 1060. The summed E-state index contributed by atoms with van der Waals surface area (Å²) in [6, 6.07) is 18.2. The zero-order chi connectivity index (χ0) is 18.9.